The number of ether oxygens (including phenoxy) is 1. The van der Waals surface area contributed by atoms with E-state index < -0.39 is 11.8 Å². The van der Waals surface area contributed by atoms with Crippen LogP contribution in [0.15, 0.2) is 36.7 Å². The van der Waals surface area contributed by atoms with Gasteiger partial charge in [-0.2, -0.15) is 0 Å². The number of carboxylic acid groups (broad SMARTS) is 1. The monoisotopic (exact) mass is 289 g/mol. The lowest BCUT2D eigenvalue weighted by Gasteiger charge is -2.11. The average molecular weight is 289 g/mol. The van der Waals surface area contributed by atoms with Gasteiger partial charge in [0.05, 0.1) is 12.5 Å². The Kier molecular flexibility index (Phi) is 4.52. The minimum Gasteiger partial charge on any atom is -0.488 e. The maximum Gasteiger partial charge on any atom is 0.307 e. The van der Waals surface area contributed by atoms with Crippen LogP contribution in [-0.4, -0.2) is 22.2 Å². The molecule has 0 amide bonds. The second-order valence-corrected chi connectivity index (χ2v) is 4.96. The molecule has 1 heterocycles. The molecular formula is C16H16FNO3. The molecule has 4 nitrogen and oxygen atoms in total. The first-order valence-corrected chi connectivity index (χ1v) is 6.58. The topological polar surface area (TPSA) is 59.4 Å². The van der Waals surface area contributed by atoms with E-state index in [1.54, 1.807) is 24.4 Å². The third-order valence-corrected chi connectivity index (χ3v) is 2.78. The zero-order valence-corrected chi connectivity index (χ0v) is 11.8. The summed E-state index contributed by atoms with van der Waals surface area (Å²) in [6, 6.07) is 6.34. The molecule has 0 saturated carbocycles. The van der Waals surface area contributed by atoms with Crippen LogP contribution in [0.3, 0.4) is 0 Å². The highest BCUT2D eigenvalue weighted by Gasteiger charge is 2.09. The summed E-state index contributed by atoms with van der Waals surface area (Å²) in [6.07, 6.45) is 2.84. The van der Waals surface area contributed by atoms with Crippen LogP contribution in [0.1, 0.15) is 19.4 Å². The van der Waals surface area contributed by atoms with E-state index in [1.165, 1.54) is 12.3 Å². The Balaban J connectivity index is 2.30. The molecule has 21 heavy (non-hydrogen) atoms. The molecule has 5 heteroatoms. The molecule has 0 radical (unpaired) electrons. The minimum atomic E-state index is -0.930. The van der Waals surface area contributed by atoms with Gasteiger partial charge >= 0.3 is 5.97 Å². The predicted molar refractivity (Wildman–Crippen MR) is 76.7 cm³/mol. The molecule has 0 fully saturated rings. The Morgan fingerprint density at radius 3 is 2.67 bits per heavy atom. The average Bonchev–Trinajstić information content (AvgIpc) is 2.40. The zero-order chi connectivity index (χ0) is 15.4. The second kappa shape index (κ2) is 6.35. The number of aliphatic carboxylic acids is 1. The Morgan fingerprint density at radius 1 is 1.29 bits per heavy atom. The summed E-state index contributed by atoms with van der Waals surface area (Å²) >= 11 is 0. The largest absolute Gasteiger partial charge is 0.488 e. The van der Waals surface area contributed by atoms with Gasteiger partial charge in [0.25, 0.3) is 0 Å². The minimum absolute atomic E-state index is 0.106. The summed E-state index contributed by atoms with van der Waals surface area (Å²) in [5, 5.41) is 8.79. The molecular weight excluding hydrogens is 273 g/mol. The van der Waals surface area contributed by atoms with Gasteiger partial charge in [0, 0.05) is 18.0 Å². The number of nitrogens with zero attached hydrogens (tertiary/aromatic N) is 1. The van der Waals surface area contributed by atoms with Gasteiger partial charge in [-0.05, 0) is 43.2 Å². The van der Waals surface area contributed by atoms with E-state index in [0.717, 1.165) is 0 Å². The number of pyridine rings is 1. The van der Waals surface area contributed by atoms with Gasteiger partial charge in [-0.15, -0.1) is 0 Å². The van der Waals surface area contributed by atoms with E-state index in [2.05, 4.69) is 4.98 Å². The highest BCUT2D eigenvalue weighted by molar-refractivity contribution is 5.71. The molecule has 1 aromatic carbocycles. The van der Waals surface area contributed by atoms with Crippen molar-refractivity contribution in [1.29, 1.82) is 0 Å². The van der Waals surface area contributed by atoms with E-state index >= 15 is 0 Å². The quantitative estimate of drug-likeness (QED) is 0.917. The van der Waals surface area contributed by atoms with Gasteiger partial charge in [-0.25, -0.2) is 4.39 Å². The molecule has 0 unspecified atom stereocenters. The smallest absolute Gasteiger partial charge is 0.307 e. The zero-order valence-electron chi connectivity index (χ0n) is 11.8. The van der Waals surface area contributed by atoms with Crippen molar-refractivity contribution in [3.63, 3.8) is 0 Å². The van der Waals surface area contributed by atoms with Crippen LogP contribution in [0.2, 0.25) is 0 Å². The molecule has 0 aliphatic heterocycles. The predicted octanol–water partition coefficient (Wildman–Crippen LogP) is 3.30. The number of carboxylic acids is 1. The summed E-state index contributed by atoms with van der Waals surface area (Å²) in [4.78, 5) is 14.7. The molecule has 0 atom stereocenters. The second-order valence-electron chi connectivity index (χ2n) is 4.96. The molecule has 2 aromatic rings. The van der Waals surface area contributed by atoms with E-state index in [-0.39, 0.29) is 18.3 Å². The lowest BCUT2D eigenvalue weighted by Crippen LogP contribution is -2.06. The highest BCUT2D eigenvalue weighted by atomic mass is 19.1. The SMILES string of the molecule is CC(C)Oc1ccc(-c2cncc(CC(=O)O)c2)cc1F. The van der Waals surface area contributed by atoms with Crippen molar-refractivity contribution in [2.24, 2.45) is 0 Å². The van der Waals surface area contributed by atoms with Crippen molar-refractivity contribution >= 4 is 5.97 Å². The molecule has 110 valence electrons. The number of benzene rings is 1. The Morgan fingerprint density at radius 2 is 2.05 bits per heavy atom. The molecule has 0 aliphatic rings. The molecule has 0 saturated heterocycles. The van der Waals surface area contributed by atoms with E-state index in [9.17, 15) is 9.18 Å². The third-order valence-electron chi connectivity index (χ3n) is 2.78. The number of hydrogen-bond acceptors (Lipinski definition) is 3. The molecule has 0 aliphatic carbocycles. The fraction of sp³-hybridized carbons (Fsp3) is 0.250. The van der Waals surface area contributed by atoms with Gasteiger partial charge < -0.3 is 9.84 Å². The Hall–Kier alpha value is -2.43. The van der Waals surface area contributed by atoms with E-state index in [0.29, 0.717) is 16.7 Å². The summed E-state index contributed by atoms with van der Waals surface area (Å²) in [7, 11) is 0. The lowest BCUT2D eigenvalue weighted by molar-refractivity contribution is -0.136. The van der Waals surface area contributed by atoms with Crippen LogP contribution in [0.4, 0.5) is 4.39 Å². The Labute approximate surface area is 122 Å². The van der Waals surface area contributed by atoms with Gasteiger partial charge in [0.2, 0.25) is 0 Å². The number of carbonyl (C=O) groups is 1. The van der Waals surface area contributed by atoms with Gasteiger partial charge in [-0.3, -0.25) is 9.78 Å². The fourth-order valence-corrected chi connectivity index (χ4v) is 1.95. The van der Waals surface area contributed by atoms with Crippen molar-refractivity contribution in [3.8, 4) is 16.9 Å². The fourth-order valence-electron chi connectivity index (χ4n) is 1.95. The number of rotatable bonds is 5. The first-order chi connectivity index (χ1) is 9.95. The maximum absolute atomic E-state index is 14.0. The molecule has 0 bridgehead atoms. The van der Waals surface area contributed by atoms with Crippen molar-refractivity contribution in [1.82, 2.24) is 4.98 Å². The molecule has 0 spiro atoms. The van der Waals surface area contributed by atoms with Crippen LogP contribution < -0.4 is 4.74 Å². The number of aromatic nitrogens is 1. The maximum atomic E-state index is 14.0. The highest BCUT2D eigenvalue weighted by Crippen LogP contribution is 2.26. The third kappa shape index (κ3) is 4.02. The van der Waals surface area contributed by atoms with Crippen molar-refractivity contribution in [2.75, 3.05) is 0 Å². The van der Waals surface area contributed by atoms with Crippen molar-refractivity contribution < 1.29 is 19.0 Å². The number of halogens is 1. The van der Waals surface area contributed by atoms with Crippen LogP contribution >= 0.6 is 0 Å². The normalized spacial score (nSPS) is 10.7. The van der Waals surface area contributed by atoms with Crippen molar-refractivity contribution in [2.45, 2.75) is 26.4 Å². The standard InChI is InChI=1S/C16H16FNO3/c1-10(2)21-15-4-3-12(7-14(15)17)13-5-11(6-16(19)20)8-18-9-13/h3-5,7-10H,6H2,1-2H3,(H,19,20). The summed E-state index contributed by atoms with van der Waals surface area (Å²) in [6.45, 7) is 3.65. The van der Waals surface area contributed by atoms with Crippen LogP contribution in [-0.2, 0) is 11.2 Å². The first kappa shape index (κ1) is 15.0. The molecule has 2 rings (SSSR count). The molecule has 1 N–H and O–H groups in total. The summed E-state index contributed by atoms with van der Waals surface area (Å²) < 4.78 is 19.3. The van der Waals surface area contributed by atoms with Crippen LogP contribution in [0, 0.1) is 5.82 Å². The van der Waals surface area contributed by atoms with Crippen LogP contribution in [0.5, 0.6) is 5.75 Å². The molecule has 1 aromatic heterocycles. The Bertz CT molecular complexity index is 656. The van der Waals surface area contributed by atoms with E-state index in [4.69, 9.17) is 9.84 Å². The van der Waals surface area contributed by atoms with Gasteiger partial charge in [0.15, 0.2) is 11.6 Å². The van der Waals surface area contributed by atoms with Crippen LogP contribution in [0.25, 0.3) is 11.1 Å². The van der Waals surface area contributed by atoms with Crippen molar-refractivity contribution in [3.05, 3.63) is 48.0 Å². The summed E-state index contributed by atoms with van der Waals surface area (Å²) in [5.74, 6) is -1.19. The summed E-state index contributed by atoms with van der Waals surface area (Å²) in [5.41, 5.74) is 1.87. The number of hydrogen-bond donors (Lipinski definition) is 1. The first-order valence-electron chi connectivity index (χ1n) is 6.58. The van der Waals surface area contributed by atoms with E-state index in [1.807, 2.05) is 13.8 Å². The van der Waals surface area contributed by atoms with Gasteiger partial charge in [-0.1, -0.05) is 6.07 Å². The van der Waals surface area contributed by atoms with Gasteiger partial charge in [0.1, 0.15) is 0 Å². The lowest BCUT2D eigenvalue weighted by atomic mass is 10.0.